The Bertz CT molecular complexity index is 655. The minimum absolute atomic E-state index is 0.00215. The Labute approximate surface area is 121 Å². The van der Waals surface area contributed by atoms with Crippen molar-refractivity contribution < 1.29 is 14.5 Å². The third-order valence-electron chi connectivity index (χ3n) is 3.16. The van der Waals surface area contributed by atoms with Gasteiger partial charge in [-0.2, -0.15) is 0 Å². The second-order valence-electron chi connectivity index (χ2n) is 4.55. The number of rotatable bonds is 4. The van der Waals surface area contributed by atoms with Crippen LogP contribution in [0.4, 0.5) is 0 Å². The highest BCUT2D eigenvalue weighted by Gasteiger charge is 2.11. The summed E-state index contributed by atoms with van der Waals surface area (Å²) in [5.41, 5.74) is 8.11. The van der Waals surface area contributed by atoms with Crippen LogP contribution < -0.4 is 11.1 Å². The molecule has 0 spiro atoms. The highest BCUT2D eigenvalue weighted by molar-refractivity contribution is 5.99. The van der Waals surface area contributed by atoms with Gasteiger partial charge in [0.1, 0.15) is 5.76 Å². The Morgan fingerprint density at radius 3 is 2.48 bits per heavy atom. The van der Waals surface area contributed by atoms with Crippen LogP contribution in [0.25, 0.3) is 0 Å². The van der Waals surface area contributed by atoms with Crippen molar-refractivity contribution >= 4 is 11.7 Å². The summed E-state index contributed by atoms with van der Waals surface area (Å²) in [6.45, 7) is 3.97. The van der Waals surface area contributed by atoms with E-state index in [9.17, 15) is 4.79 Å². The molecule has 0 saturated carbocycles. The van der Waals surface area contributed by atoms with Gasteiger partial charge in [0.25, 0.3) is 5.91 Å². The number of aromatic nitrogens is 1. The van der Waals surface area contributed by atoms with Gasteiger partial charge in [0.2, 0.25) is 0 Å². The van der Waals surface area contributed by atoms with Gasteiger partial charge in [0.05, 0.1) is 5.69 Å². The number of nitrogens with one attached hydrogen (secondary N) is 1. The van der Waals surface area contributed by atoms with Gasteiger partial charge in [0, 0.05) is 23.2 Å². The first-order valence-corrected chi connectivity index (χ1v) is 6.31. The Morgan fingerprint density at radius 1 is 1.33 bits per heavy atom. The van der Waals surface area contributed by atoms with E-state index in [4.69, 9.17) is 15.5 Å². The van der Waals surface area contributed by atoms with Crippen molar-refractivity contribution in [2.24, 2.45) is 10.9 Å². The van der Waals surface area contributed by atoms with Crippen molar-refractivity contribution in [2.75, 3.05) is 0 Å². The lowest BCUT2D eigenvalue weighted by Crippen LogP contribution is -2.23. The predicted octanol–water partition coefficient (Wildman–Crippen LogP) is 1.32. The summed E-state index contributed by atoms with van der Waals surface area (Å²) >= 11 is 0. The van der Waals surface area contributed by atoms with Crippen LogP contribution in [0.1, 0.15) is 32.9 Å². The van der Waals surface area contributed by atoms with E-state index in [0.29, 0.717) is 23.4 Å². The maximum absolute atomic E-state index is 12.0. The Hall–Kier alpha value is -2.83. The molecule has 7 heteroatoms. The molecule has 0 aliphatic rings. The van der Waals surface area contributed by atoms with Crippen molar-refractivity contribution in [1.29, 1.82) is 0 Å². The number of nitrogens with two attached hydrogens (primary N) is 1. The van der Waals surface area contributed by atoms with Gasteiger partial charge < -0.3 is 20.8 Å². The molecule has 1 heterocycles. The summed E-state index contributed by atoms with van der Waals surface area (Å²) in [4.78, 5) is 12.0. The number of amides is 1. The van der Waals surface area contributed by atoms with E-state index >= 15 is 0 Å². The van der Waals surface area contributed by atoms with E-state index in [1.54, 1.807) is 31.2 Å². The maximum atomic E-state index is 12.0. The van der Waals surface area contributed by atoms with E-state index in [1.165, 1.54) is 0 Å². The average molecular weight is 288 g/mol. The van der Waals surface area contributed by atoms with Gasteiger partial charge in [-0.1, -0.05) is 22.4 Å². The Kier molecular flexibility index (Phi) is 4.22. The largest absolute Gasteiger partial charge is 0.409 e. The smallest absolute Gasteiger partial charge is 0.251 e. The van der Waals surface area contributed by atoms with Crippen LogP contribution in [0.5, 0.6) is 0 Å². The van der Waals surface area contributed by atoms with E-state index in [1.807, 2.05) is 6.92 Å². The van der Waals surface area contributed by atoms with Crippen molar-refractivity contribution in [1.82, 2.24) is 10.5 Å². The highest BCUT2D eigenvalue weighted by Crippen LogP contribution is 2.12. The molecule has 4 N–H and O–H groups in total. The second kappa shape index (κ2) is 6.08. The molecular weight excluding hydrogens is 272 g/mol. The van der Waals surface area contributed by atoms with Gasteiger partial charge >= 0.3 is 0 Å². The quantitative estimate of drug-likeness (QED) is 0.340. The molecule has 110 valence electrons. The van der Waals surface area contributed by atoms with Crippen LogP contribution >= 0.6 is 0 Å². The zero-order chi connectivity index (χ0) is 15.4. The van der Waals surface area contributed by atoms with E-state index in [-0.39, 0.29) is 11.7 Å². The summed E-state index contributed by atoms with van der Waals surface area (Å²) in [6, 6.07) is 6.44. The number of amidine groups is 1. The SMILES string of the molecule is Cc1noc(C)c1CNC(=O)c1ccc(C(N)=NO)cc1. The molecule has 0 aliphatic heterocycles. The number of hydrogen-bond donors (Lipinski definition) is 3. The minimum Gasteiger partial charge on any atom is -0.409 e. The minimum atomic E-state index is -0.221. The summed E-state index contributed by atoms with van der Waals surface area (Å²) in [5.74, 6) is 0.466. The average Bonchev–Trinajstić information content (AvgIpc) is 2.83. The van der Waals surface area contributed by atoms with E-state index in [0.717, 1.165) is 11.3 Å². The monoisotopic (exact) mass is 288 g/mol. The van der Waals surface area contributed by atoms with Crippen LogP contribution in [0.2, 0.25) is 0 Å². The Balaban J connectivity index is 2.04. The number of nitrogens with zero attached hydrogens (tertiary/aromatic N) is 2. The molecule has 0 aliphatic carbocycles. The van der Waals surface area contributed by atoms with Crippen molar-refractivity contribution in [3.8, 4) is 0 Å². The number of aryl methyl sites for hydroxylation is 2. The summed E-state index contributed by atoms with van der Waals surface area (Å²) in [7, 11) is 0. The lowest BCUT2D eigenvalue weighted by Gasteiger charge is -2.06. The van der Waals surface area contributed by atoms with Crippen LogP contribution in [0.15, 0.2) is 33.9 Å². The highest BCUT2D eigenvalue weighted by atomic mass is 16.5. The molecule has 2 rings (SSSR count). The maximum Gasteiger partial charge on any atom is 0.251 e. The number of carbonyl (C=O) groups excluding carboxylic acids is 1. The lowest BCUT2D eigenvalue weighted by molar-refractivity contribution is 0.0951. The lowest BCUT2D eigenvalue weighted by atomic mass is 10.1. The molecule has 0 unspecified atom stereocenters. The molecule has 2 aromatic rings. The molecular formula is C14H16N4O3. The first kappa shape index (κ1) is 14.6. The van der Waals surface area contributed by atoms with Gasteiger partial charge in [-0.3, -0.25) is 4.79 Å². The molecule has 7 nitrogen and oxygen atoms in total. The number of carbonyl (C=O) groups is 1. The molecule has 1 aromatic carbocycles. The Morgan fingerprint density at radius 2 is 1.95 bits per heavy atom. The van der Waals surface area contributed by atoms with Crippen LogP contribution in [-0.2, 0) is 6.54 Å². The first-order valence-electron chi connectivity index (χ1n) is 6.31. The molecule has 0 radical (unpaired) electrons. The van der Waals surface area contributed by atoms with Crippen LogP contribution in [-0.4, -0.2) is 22.1 Å². The van der Waals surface area contributed by atoms with Gasteiger partial charge in [-0.05, 0) is 26.0 Å². The summed E-state index contributed by atoms with van der Waals surface area (Å²) in [6.07, 6.45) is 0. The van der Waals surface area contributed by atoms with Gasteiger partial charge in [0.15, 0.2) is 5.84 Å². The zero-order valence-electron chi connectivity index (χ0n) is 11.8. The van der Waals surface area contributed by atoms with E-state index < -0.39 is 0 Å². The number of benzene rings is 1. The summed E-state index contributed by atoms with van der Waals surface area (Å²) in [5, 5.41) is 18.1. The standard InChI is InChI=1S/C14H16N4O3/c1-8-12(9(2)21-18-8)7-16-14(19)11-5-3-10(4-6-11)13(15)17-20/h3-6,20H,7H2,1-2H3,(H2,15,17)(H,16,19). The molecule has 1 aromatic heterocycles. The molecule has 0 atom stereocenters. The normalized spacial score (nSPS) is 11.4. The van der Waals surface area contributed by atoms with Crippen molar-refractivity contribution in [3.05, 3.63) is 52.4 Å². The first-order chi connectivity index (χ1) is 10.0. The number of oxime groups is 1. The molecule has 0 bridgehead atoms. The molecule has 21 heavy (non-hydrogen) atoms. The van der Waals surface area contributed by atoms with Crippen LogP contribution in [0.3, 0.4) is 0 Å². The van der Waals surface area contributed by atoms with Gasteiger partial charge in [-0.15, -0.1) is 0 Å². The van der Waals surface area contributed by atoms with Crippen molar-refractivity contribution in [3.63, 3.8) is 0 Å². The van der Waals surface area contributed by atoms with Crippen LogP contribution in [0, 0.1) is 13.8 Å². The van der Waals surface area contributed by atoms with E-state index in [2.05, 4.69) is 15.6 Å². The molecule has 0 fully saturated rings. The zero-order valence-corrected chi connectivity index (χ0v) is 11.8. The number of hydrogen-bond acceptors (Lipinski definition) is 5. The molecule has 1 amide bonds. The topological polar surface area (TPSA) is 114 Å². The fourth-order valence-electron chi connectivity index (χ4n) is 1.88. The van der Waals surface area contributed by atoms with Crippen molar-refractivity contribution in [2.45, 2.75) is 20.4 Å². The third kappa shape index (κ3) is 3.19. The summed E-state index contributed by atoms with van der Waals surface area (Å²) < 4.78 is 5.04. The third-order valence-corrected chi connectivity index (χ3v) is 3.16. The fourth-order valence-corrected chi connectivity index (χ4v) is 1.88. The fraction of sp³-hybridized carbons (Fsp3) is 0.214. The molecule has 0 saturated heterocycles. The second-order valence-corrected chi connectivity index (χ2v) is 4.55. The van der Waals surface area contributed by atoms with Gasteiger partial charge in [-0.25, -0.2) is 0 Å². The predicted molar refractivity (Wildman–Crippen MR) is 76.1 cm³/mol.